The van der Waals surface area contributed by atoms with Crippen molar-refractivity contribution in [2.45, 2.75) is 13.0 Å². The van der Waals surface area contributed by atoms with Gasteiger partial charge < -0.3 is 9.64 Å². The van der Waals surface area contributed by atoms with Crippen molar-refractivity contribution < 1.29 is 4.74 Å². The van der Waals surface area contributed by atoms with Gasteiger partial charge in [-0.25, -0.2) is 4.98 Å². The minimum absolute atomic E-state index is 0.356. The Kier molecular flexibility index (Phi) is 3.53. The number of hydrogen-bond donors (Lipinski definition) is 0. The Balaban J connectivity index is 2.24. The summed E-state index contributed by atoms with van der Waals surface area (Å²) in [5, 5.41) is 0.892. The van der Waals surface area contributed by atoms with Crippen molar-refractivity contribution in [1.82, 2.24) is 9.97 Å². The monoisotopic (exact) mass is 271 g/mol. The molecule has 82 valence electrons. The molecule has 0 radical (unpaired) electrons. The molecule has 1 aromatic heterocycles. The summed E-state index contributed by atoms with van der Waals surface area (Å²) in [7, 11) is 0. The summed E-state index contributed by atoms with van der Waals surface area (Å²) in [5.41, 5.74) is 0.977. The maximum absolute atomic E-state index is 5.44. The predicted molar refractivity (Wildman–Crippen MR) is 62.5 cm³/mol. The zero-order chi connectivity index (χ0) is 10.7. The van der Waals surface area contributed by atoms with Crippen molar-refractivity contribution in [2.75, 3.05) is 30.0 Å². The average molecular weight is 272 g/mol. The van der Waals surface area contributed by atoms with E-state index in [4.69, 9.17) is 4.74 Å². The molecule has 0 saturated carbocycles. The van der Waals surface area contributed by atoms with Crippen LogP contribution in [0.4, 0.5) is 5.82 Å². The van der Waals surface area contributed by atoms with Gasteiger partial charge in [0.15, 0.2) is 0 Å². The van der Waals surface area contributed by atoms with Gasteiger partial charge in [0, 0.05) is 24.3 Å². The van der Waals surface area contributed by atoms with Crippen LogP contribution < -0.4 is 4.90 Å². The number of aryl methyl sites for hydroxylation is 1. The highest BCUT2D eigenvalue weighted by molar-refractivity contribution is 9.09. The smallest absolute Gasteiger partial charge is 0.150 e. The lowest BCUT2D eigenvalue weighted by molar-refractivity contribution is 0.0999. The van der Waals surface area contributed by atoms with Crippen LogP contribution in [0.15, 0.2) is 12.4 Å². The van der Waals surface area contributed by atoms with Gasteiger partial charge in [0.25, 0.3) is 0 Å². The number of nitrogens with zero attached hydrogens (tertiary/aromatic N) is 3. The molecule has 15 heavy (non-hydrogen) atoms. The molecule has 5 heteroatoms. The van der Waals surface area contributed by atoms with E-state index in [1.54, 1.807) is 12.4 Å². The van der Waals surface area contributed by atoms with E-state index < -0.39 is 0 Å². The third kappa shape index (κ3) is 2.29. The number of alkyl halides is 1. The number of aromatic nitrogens is 2. The van der Waals surface area contributed by atoms with Crippen molar-refractivity contribution >= 4 is 21.7 Å². The number of morpholine rings is 1. The van der Waals surface area contributed by atoms with Gasteiger partial charge in [0.05, 0.1) is 24.9 Å². The highest BCUT2D eigenvalue weighted by Gasteiger charge is 2.24. The molecule has 0 aromatic carbocycles. The number of anilines is 1. The minimum Gasteiger partial charge on any atom is -0.377 e. The Hall–Kier alpha value is -0.680. The Morgan fingerprint density at radius 3 is 3.07 bits per heavy atom. The van der Waals surface area contributed by atoms with Gasteiger partial charge in [0.1, 0.15) is 5.82 Å². The normalized spacial score (nSPS) is 21.7. The molecule has 0 N–H and O–H groups in total. The van der Waals surface area contributed by atoms with Crippen molar-refractivity contribution in [3.05, 3.63) is 18.1 Å². The van der Waals surface area contributed by atoms with Crippen LogP contribution in [0.3, 0.4) is 0 Å². The Morgan fingerprint density at radius 1 is 1.53 bits per heavy atom. The summed E-state index contributed by atoms with van der Waals surface area (Å²) in [6.07, 6.45) is 3.46. The lowest BCUT2D eigenvalue weighted by Gasteiger charge is -2.35. The zero-order valence-electron chi connectivity index (χ0n) is 8.69. The van der Waals surface area contributed by atoms with Crippen molar-refractivity contribution in [1.29, 1.82) is 0 Å². The van der Waals surface area contributed by atoms with Gasteiger partial charge in [-0.3, -0.25) is 4.98 Å². The van der Waals surface area contributed by atoms with Gasteiger partial charge >= 0.3 is 0 Å². The highest BCUT2D eigenvalue weighted by Crippen LogP contribution is 2.20. The largest absolute Gasteiger partial charge is 0.377 e. The van der Waals surface area contributed by atoms with Crippen LogP contribution in [0, 0.1) is 6.92 Å². The molecule has 2 heterocycles. The molecule has 0 aliphatic carbocycles. The molecule has 0 bridgehead atoms. The van der Waals surface area contributed by atoms with E-state index in [0.717, 1.165) is 36.6 Å². The van der Waals surface area contributed by atoms with Crippen LogP contribution in [0.2, 0.25) is 0 Å². The van der Waals surface area contributed by atoms with Crippen LogP contribution >= 0.6 is 15.9 Å². The summed E-state index contributed by atoms with van der Waals surface area (Å²) in [5.74, 6) is 0.977. The Labute approximate surface area is 97.8 Å². The van der Waals surface area contributed by atoms with E-state index in [1.807, 2.05) is 6.92 Å². The second kappa shape index (κ2) is 4.90. The van der Waals surface area contributed by atoms with Gasteiger partial charge in [-0.15, -0.1) is 0 Å². The first kappa shape index (κ1) is 10.8. The average Bonchev–Trinajstić information content (AvgIpc) is 2.30. The van der Waals surface area contributed by atoms with Crippen LogP contribution in [-0.2, 0) is 4.74 Å². The first-order valence-corrected chi connectivity index (χ1v) is 6.13. The molecule has 1 aliphatic rings. The second-order valence-corrected chi connectivity index (χ2v) is 4.19. The van der Waals surface area contributed by atoms with E-state index in [2.05, 4.69) is 30.8 Å². The number of rotatable bonds is 2. The molecule has 1 aromatic rings. The fourth-order valence-electron chi connectivity index (χ4n) is 1.74. The summed E-state index contributed by atoms with van der Waals surface area (Å²) < 4.78 is 5.44. The predicted octanol–water partition coefficient (Wildman–Crippen LogP) is 1.39. The van der Waals surface area contributed by atoms with E-state index in [1.165, 1.54) is 0 Å². The maximum atomic E-state index is 5.44. The van der Waals surface area contributed by atoms with Crippen LogP contribution in [0.1, 0.15) is 5.69 Å². The fraction of sp³-hybridized carbons (Fsp3) is 0.600. The van der Waals surface area contributed by atoms with E-state index in [0.29, 0.717) is 6.04 Å². The van der Waals surface area contributed by atoms with Crippen LogP contribution in [0.5, 0.6) is 0 Å². The molecule has 1 atom stereocenters. The molecule has 1 saturated heterocycles. The van der Waals surface area contributed by atoms with E-state index in [9.17, 15) is 0 Å². The van der Waals surface area contributed by atoms with Gasteiger partial charge in [-0.05, 0) is 6.92 Å². The molecule has 1 unspecified atom stereocenters. The molecule has 1 fully saturated rings. The zero-order valence-corrected chi connectivity index (χ0v) is 10.3. The summed E-state index contributed by atoms with van der Waals surface area (Å²) in [6, 6.07) is 0.356. The molecule has 0 spiro atoms. The third-order valence-electron chi connectivity index (χ3n) is 2.53. The van der Waals surface area contributed by atoms with Gasteiger partial charge in [-0.1, -0.05) is 15.9 Å². The Morgan fingerprint density at radius 2 is 2.33 bits per heavy atom. The number of ether oxygens (including phenoxy) is 1. The molecule has 1 aliphatic heterocycles. The molecule has 0 amide bonds. The topological polar surface area (TPSA) is 38.2 Å². The fourth-order valence-corrected chi connectivity index (χ4v) is 2.28. The molecular weight excluding hydrogens is 258 g/mol. The highest BCUT2D eigenvalue weighted by atomic mass is 79.9. The number of halogens is 1. The van der Waals surface area contributed by atoms with Gasteiger partial charge in [0.2, 0.25) is 0 Å². The van der Waals surface area contributed by atoms with Crippen molar-refractivity contribution in [2.24, 2.45) is 0 Å². The lowest BCUT2D eigenvalue weighted by atomic mass is 10.2. The SMILES string of the molecule is Cc1nccnc1N1CCOCC1CBr. The van der Waals surface area contributed by atoms with E-state index in [-0.39, 0.29) is 0 Å². The van der Waals surface area contributed by atoms with E-state index >= 15 is 0 Å². The molecular formula is C10H14BrN3O. The third-order valence-corrected chi connectivity index (χ3v) is 3.28. The minimum atomic E-state index is 0.356. The maximum Gasteiger partial charge on any atom is 0.150 e. The standard InChI is InChI=1S/C10H14BrN3O/c1-8-10(13-3-2-12-8)14-4-5-15-7-9(14)6-11/h2-3,9H,4-7H2,1H3. The molecule has 4 nitrogen and oxygen atoms in total. The molecule has 2 rings (SSSR count). The lowest BCUT2D eigenvalue weighted by Crippen LogP contribution is -2.47. The van der Waals surface area contributed by atoms with Gasteiger partial charge in [-0.2, -0.15) is 0 Å². The van der Waals surface area contributed by atoms with Crippen LogP contribution in [-0.4, -0.2) is 41.1 Å². The number of hydrogen-bond acceptors (Lipinski definition) is 4. The van der Waals surface area contributed by atoms with Crippen LogP contribution in [0.25, 0.3) is 0 Å². The second-order valence-electron chi connectivity index (χ2n) is 3.54. The quantitative estimate of drug-likeness (QED) is 0.762. The first-order chi connectivity index (χ1) is 7.33. The summed E-state index contributed by atoms with van der Waals surface area (Å²) in [4.78, 5) is 10.9. The summed E-state index contributed by atoms with van der Waals surface area (Å²) >= 11 is 3.50. The van der Waals surface area contributed by atoms with Crippen molar-refractivity contribution in [3.63, 3.8) is 0 Å². The van der Waals surface area contributed by atoms with Crippen molar-refractivity contribution in [3.8, 4) is 0 Å². The first-order valence-electron chi connectivity index (χ1n) is 5.01. The Bertz CT molecular complexity index is 334. The summed E-state index contributed by atoms with van der Waals surface area (Å²) in [6.45, 7) is 4.39.